The number of hydrogen-bond donors (Lipinski definition) is 4. The van der Waals surface area contributed by atoms with Crippen molar-refractivity contribution in [2.24, 2.45) is 11.5 Å². The van der Waals surface area contributed by atoms with Crippen LogP contribution in [0.2, 0.25) is 0 Å². The van der Waals surface area contributed by atoms with Crippen LogP contribution in [-0.2, 0) is 9.59 Å². The Balaban J connectivity index is 3.72. The van der Waals surface area contributed by atoms with Gasteiger partial charge in [-0.15, -0.1) is 0 Å². The summed E-state index contributed by atoms with van der Waals surface area (Å²) in [6, 6.07) is -1.07. The molecule has 0 saturated carbocycles. The van der Waals surface area contributed by atoms with Crippen LogP contribution >= 0.6 is 0 Å². The van der Waals surface area contributed by atoms with E-state index in [-0.39, 0.29) is 6.42 Å². The quantitative estimate of drug-likeness (QED) is 0.265. The first-order chi connectivity index (χ1) is 4.57. The molecule has 0 aromatic rings. The molecule has 0 rings (SSSR count). The van der Waals surface area contributed by atoms with E-state index in [1.807, 2.05) is 0 Å². The molecular weight excluding hydrogens is 138 g/mol. The summed E-state index contributed by atoms with van der Waals surface area (Å²) in [6.45, 7) is 0. The molecule has 10 heavy (non-hydrogen) atoms. The van der Waals surface area contributed by atoms with Crippen molar-refractivity contribution in [1.29, 1.82) is 0 Å². The average Bonchev–Trinajstić information content (AvgIpc) is 1.85. The Bertz CT molecular complexity index is 147. The standard InChI is InChI=1S/C4H9N3O3/c5-2(1-3(6)8)4(9)7-10/h2,10H,1,5H2,(H2,6,8)(H,7,9)/t2-/m0/s1. The predicted molar refractivity (Wildman–Crippen MR) is 31.7 cm³/mol. The minimum atomic E-state index is -1.07. The second-order valence-corrected chi connectivity index (χ2v) is 1.75. The summed E-state index contributed by atoms with van der Waals surface area (Å²) in [4.78, 5) is 20.5. The minimum absolute atomic E-state index is 0.271. The third-order valence-electron chi connectivity index (χ3n) is 0.868. The Kier molecular flexibility index (Phi) is 3.37. The summed E-state index contributed by atoms with van der Waals surface area (Å²) in [5, 5.41) is 7.99. The number of primary amides is 1. The van der Waals surface area contributed by atoms with Crippen molar-refractivity contribution in [2.45, 2.75) is 12.5 Å². The lowest BCUT2D eigenvalue weighted by Crippen LogP contribution is -2.41. The molecule has 6 nitrogen and oxygen atoms in total. The SMILES string of the molecule is NC(=O)C[C@H](N)C(=O)NO. The van der Waals surface area contributed by atoms with Gasteiger partial charge in [0.1, 0.15) is 0 Å². The van der Waals surface area contributed by atoms with Gasteiger partial charge in [0.15, 0.2) is 0 Å². The maximum Gasteiger partial charge on any atom is 0.260 e. The van der Waals surface area contributed by atoms with Crippen LogP contribution < -0.4 is 16.9 Å². The highest BCUT2D eigenvalue weighted by atomic mass is 16.5. The zero-order valence-corrected chi connectivity index (χ0v) is 5.20. The summed E-state index contributed by atoms with van der Waals surface area (Å²) in [6.07, 6.45) is -0.271. The number of nitrogens with one attached hydrogen (secondary N) is 1. The number of nitrogens with two attached hydrogens (primary N) is 2. The lowest BCUT2D eigenvalue weighted by atomic mass is 10.2. The molecule has 2 amide bonds. The van der Waals surface area contributed by atoms with Gasteiger partial charge in [0.25, 0.3) is 5.91 Å². The number of carbonyl (C=O) groups excluding carboxylic acids is 2. The lowest BCUT2D eigenvalue weighted by Gasteiger charge is -2.04. The molecule has 0 heterocycles. The number of rotatable bonds is 3. The Morgan fingerprint density at radius 3 is 2.40 bits per heavy atom. The average molecular weight is 147 g/mol. The van der Waals surface area contributed by atoms with Gasteiger partial charge in [-0.25, -0.2) is 5.48 Å². The summed E-state index contributed by atoms with van der Waals surface area (Å²) in [5.41, 5.74) is 11.1. The molecule has 0 aromatic carbocycles. The highest BCUT2D eigenvalue weighted by Crippen LogP contribution is 1.84. The van der Waals surface area contributed by atoms with Gasteiger partial charge < -0.3 is 11.5 Å². The van der Waals surface area contributed by atoms with Crippen molar-refractivity contribution in [2.75, 3.05) is 0 Å². The molecule has 1 atom stereocenters. The van der Waals surface area contributed by atoms with E-state index in [4.69, 9.17) is 16.7 Å². The summed E-state index contributed by atoms with van der Waals surface area (Å²) in [7, 11) is 0. The highest BCUT2D eigenvalue weighted by Gasteiger charge is 2.14. The van der Waals surface area contributed by atoms with Crippen molar-refractivity contribution in [3.05, 3.63) is 0 Å². The monoisotopic (exact) mass is 147 g/mol. The molecule has 0 aliphatic carbocycles. The van der Waals surface area contributed by atoms with Crippen LogP contribution in [0.1, 0.15) is 6.42 Å². The van der Waals surface area contributed by atoms with Gasteiger partial charge in [0, 0.05) is 0 Å². The van der Waals surface area contributed by atoms with Crippen LogP contribution in [0.15, 0.2) is 0 Å². The van der Waals surface area contributed by atoms with Crippen LogP contribution in [-0.4, -0.2) is 23.1 Å². The van der Waals surface area contributed by atoms with Crippen molar-refractivity contribution < 1.29 is 14.8 Å². The van der Waals surface area contributed by atoms with Crippen LogP contribution in [0.25, 0.3) is 0 Å². The second-order valence-electron chi connectivity index (χ2n) is 1.75. The highest BCUT2D eigenvalue weighted by molar-refractivity contribution is 5.86. The number of carbonyl (C=O) groups is 2. The molecule has 58 valence electrons. The fourth-order valence-corrected chi connectivity index (χ4v) is 0.392. The molecule has 0 spiro atoms. The zero-order chi connectivity index (χ0) is 8.15. The maximum atomic E-state index is 10.4. The largest absolute Gasteiger partial charge is 0.370 e. The predicted octanol–water partition coefficient (Wildman–Crippen LogP) is -2.31. The maximum absolute atomic E-state index is 10.4. The molecule has 0 bridgehead atoms. The molecule has 0 aliphatic rings. The van der Waals surface area contributed by atoms with E-state index in [2.05, 4.69) is 0 Å². The van der Waals surface area contributed by atoms with Gasteiger partial charge in [0.05, 0.1) is 12.5 Å². The third-order valence-corrected chi connectivity index (χ3v) is 0.868. The van der Waals surface area contributed by atoms with Gasteiger partial charge in [-0.05, 0) is 0 Å². The summed E-state index contributed by atoms with van der Waals surface area (Å²) < 4.78 is 0. The molecule has 0 saturated heterocycles. The number of hydroxylamine groups is 1. The minimum Gasteiger partial charge on any atom is -0.370 e. The van der Waals surface area contributed by atoms with Gasteiger partial charge in [-0.1, -0.05) is 0 Å². The van der Waals surface area contributed by atoms with Gasteiger partial charge in [-0.2, -0.15) is 0 Å². The fraction of sp³-hybridized carbons (Fsp3) is 0.500. The second kappa shape index (κ2) is 3.80. The van der Waals surface area contributed by atoms with Crippen molar-refractivity contribution >= 4 is 11.8 Å². The smallest absolute Gasteiger partial charge is 0.260 e. The van der Waals surface area contributed by atoms with Crippen LogP contribution in [0, 0.1) is 0 Å². The zero-order valence-electron chi connectivity index (χ0n) is 5.20. The van der Waals surface area contributed by atoms with Crippen molar-refractivity contribution in [3.8, 4) is 0 Å². The molecule has 6 heteroatoms. The van der Waals surface area contributed by atoms with Crippen molar-refractivity contribution in [3.63, 3.8) is 0 Å². The van der Waals surface area contributed by atoms with Crippen LogP contribution in [0.5, 0.6) is 0 Å². The van der Waals surface area contributed by atoms with Gasteiger partial charge in [0.2, 0.25) is 5.91 Å². The number of hydrogen-bond acceptors (Lipinski definition) is 4. The summed E-state index contributed by atoms with van der Waals surface area (Å²) in [5.74, 6) is -1.50. The van der Waals surface area contributed by atoms with Crippen LogP contribution in [0.3, 0.4) is 0 Å². The van der Waals surface area contributed by atoms with E-state index in [9.17, 15) is 9.59 Å². The van der Waals surface area contributed by atoms with E-state index in [0.29, 0.717) is 0 Å². The molecule has 6 N–H and O–H groups in total. The Hall–Kier alpha value is -1.14. The van der Waals surface area contributed by atoms with E-state index in [0.717, 1.165) is 0 Å². The molecule has 0 fully saturated rings. The number of amides is 2. The first kappa shape index (κ1) is 8.86. The molecular formula is C4H9N3O3. The fourth-order valence-electron chi connectivity index (χ4n) is 0.392. The molecule has 0 aliphatic heterocycles. The summed E-state index contributed by atoms with van der Waals surface area (Å²) >= 11 is 0. The van der Waals surface area contributed by atoms with E-state index in [1.54, 1.807) is 0 Å². The topological polar surface area (TPSA) is 118 Å². The normalized spacial score (nSPS) is 12.2. The first-order valence-corrected chi connectivity index (χ1v) is 2.55. The van der Waals surface area contributed by atoms with Crippen LogP contribution in [0.4, 0.5) is 0 Å². The van der Waals surface area contributed by atoms with E-state index < -0.39 is 17.9 Å². The van der Waals surface area contributed by atoms with Gasteiger partial charge in [-0.3, -0.25) is 14.8 Å². The lowest BCUT2D eigenvalue weighted by molar-refractivity contribution is -0.132. The Morgan fingerprint density at radius 1 is 1.60 bits per heavy atom. The Labute approximate surface area is 57.1 Å². The molecule has 0 aromatic heterocycles. The third kappa shape index (κ3) is 3.00. The van der Waals surface area contributed by atoms with Gasteiger partial charge >= 0.3 is 0 Å². The van der Waals surface area contributed by atoms with E-state index >= 15 is 0 Å². The Morgan fingerprint density at radius 2 is 2.10 bits per heavy atom. The van der Waals surface area contributed by atoms with Crippen molar-refractivity contribution in [1.82, 2.24) is 5.48 Å². The molecule has 0 unspecified atom stereocenters. The molecule has 0 radical (unpaired) electrons. The van der Waals surface area contributed by atoms with E-state index in [1.165, 1.54) is 5.48 Å². The first-order valence-electron chi connectivity index (χ1n) is 2.55.